The van der Waals surface area contributed by atoms with Crippen LogP contribution in [0, 0.1) is 11.6 Å². The Morgan fingerprint density at radius 3 is 2.58 bits per heavy atom. The highest BCUT2D eigenvalue weighted by Gasteiger charge is 2.17. The number of anilines is 3. The molecule has 0 spiro atoms. The van der Waals surface area contributed by atoms with E-state index in [1.165, 1.54) is 18.3 Å². The molecule has 0 aliphatic carbocycles. The molecule has 0 atom stereocenters. The van der Waals surface area contributed by atoms with E-state index < -0.39 is 24.0 Å². The lowest BCUT2D eigenvalue weighted by Gasteiger charge is -2.26. The van der Waals surface area contributed by atoms with E-state index >= 15 is 0 Å². The monoisotopic (exact) mass is 436 g/mol. The number of ether oxygens (including phenoxy) is 2. The van der Waals surface area contributed by atoms with Gasteiger partial charge in [-0.25, -0.2) is 13.8 Å². The molecule has 3 aromatic rings. The maximum absolute atomic E-state index is 14.2. The standard InChI is InChI=1S/C19H16F4N6O2/c20-13-7-11(1-2-15(13)31-18(22)23)12-8-16(28-25-9-12)26-17-14(21)10-24-19(27-17)29-3-5-30-6-4-29/h1-2,7-10,18H,3-6H2,(H,24,26,27,28). The number of hydrogen-bond acceptors (Lipinski definition) is 8. The van der Waals surface area contributed by atoms with Crippen molar-refractivity contribution in [3.05, 3.63) is 48.3 Å². The zero-order valence-electron chi connectivity index (χ0n) is 15.9. The van der Waals surface area contributed by atoms with Crippen molar-refractivity contribution >= 4 is 17.6 Å². The fourth-order valence-electron chi connectivity index (χ4n) is 2.94. The minimum atomic E-state index is -3.14. The highest BCUT2D eigenvalue weighted by Crippen LogP contribution is 2.28. The largest absolute Gasteiger partial charge is 0.432 e. The Morgan fingerprint density at radius 2 is 1.84 bits per heavy atom. The summed E-state index contributed by atoms with van der Waals surface area (Å²) in [5, 5.41) is 10.4. The Kier molecular flexibility index (Phi) is 6.07. The summed E-state index contributed by atoms with van der Waals surface area (Å²) >= 11 is 0. The van der Waals surface area contributed by atoms with Crippen LogP contribution in [0.25, 0.3) is 11.1 Å². The lowest BCUT2D eigenvalue weighted by Crippen LogP contribution is -2.37. The Bertz CT molecular complexity index is 1070. The minimum absolute atomic E-state index is 0.102. The summed E-state index contributed by atoms with van der Waals surface area (Å²) < 4.78 is 62.2. The van der Waals surface area contributed by atoms with E-state index in [0.717, 1.165) is 18.3 Å². The predicted octanol–water partition coefficient (Wildman–Crippen LogP) is 3.39. The van der Waals surface area contributed by atoms with Crippen LogP contribution in [0.2, 0.25) is 0 Å². The van der Waals surface area contributed by atoms with E-state index in [1.807, 2.05) is 4.90 Å². The molecule has 1 aromatic carbocycles. The van der Waals surface area contributed by atoms with Crippen molar-refractivity contribution in [2.45, 2.75) is 6.61 Å². The molecule has 0 saturated carbocycles. The molecule has 0 amide bonds. The number of nitrogens with one attached hydrogen (secondary N) is 1. The first-order valence-electron chi connectivity index (χ1n) is 9.19. The quantitative estimate of drug-likeness (QED) is 0.589. The van der Waals surface area contributed by atoms with Gasteiger partial charge in [0.15, 0.2) is 29.0 Å². The van der Waals surface area contributed by atoms with E-state index in [2.05, 4.69) is 30.2 Å². The van der Waals surface area contributed by atoms with Gasteiger partial charge in [0, 0.05) is 18.7 Å². The molecule has 0 unspecified atom stereocenters. The maximum Gasteiger partial charge on any atom is 0.387 e. The second-order valence-corrected chi connectivity index (χ2v) is 6.44. The summed E-state index contributed by atoms with van der Waals surface area (Å²) in [7, 11) is 0. The van der Waals surface area contributed by atoms with Gasteiger partial charge in [-0.1, -0.05) is 6.07 Å². The zero-order valence-corrected chi connectivity index (χ0v) is 15.9. The van der Waals surface area contributed by atoms with E-state index in [9.17, 15) is 17.6 Å². The van der Waals surface area contributed by atoms with Crippen LogP contribution < -0.4 is 15.0 Å². The first-order valence-corrected chi connectivity index (χ1v) is 9.19. The van der Waals surface area contributed by atoms with Gasteiger partial charge in [0.2, 0.25) is 5.95 Å². The predicted molar refractivity (Wildman–Crippen MR) is 102 cm³/mol. The molecular weight excluding hydrogens is 420 g/mol. The fourth-order valence-corrected chi connectivity index (χ4v) is 2.94. The molecule has 1 aliphatic heterocycles. The van der Waals surface area contributed by atoms with Crippen molar-refractivity contribution in [2.75, 3.05) is 36.5 Å². The molecule has 1 saturated heterocycles. The zero-order chi connectivity index (χ0) is 21.8. The van der Waals surface area contributed by atoms with Gasteiger partial charge in [-0.2, -0.15) is 18.9 Å². The smallest absolute Gasteiger partial charge is 0.387 e. The van der Waals surface area contributed by atoms with Gasteiger partial charge < -0.3 is 19.7 Å². The second kappa shape index (κ2) is 9.08. The van der Waals surface area contributed by atoms with Crippen LogP contribution in [-0.4, -0.2) is 53.1 Å². The number of hydrogen-bond donors (Lipinski definition) is 1. The van der Waals surface area contributed by atoms with Crippen LogP contribution in [0.15, 0.2) is 36.7 Å². The third kappa shape index (κ3) is 4.97. The number of alkyl halides is 2. The van der Waals surface area contributed by atoms with Gasteiger partial charge in [0.1, 0.15) is 0 Å². The van der Waals surface area contributed by atoms with E-state index in [1.54, 1.807) is 0 Å². The lowest BCUT2D eigenvalue weighted by molar-refractivity contribution is -0.0521. The van der Waals surface area contributed by atoms with Crippen LogP contribution in [0.4, 0.5) is 35.1 Å². The number of morpholine rings is 1. The average molecular weight is 436 g/mol. The van der Waals surface area contributed by atoms with Crippen molar-refractivity contribution in [2.24, 2.45) is 0 Å². The second-order valence-electron chi connectivity index (χ2n) is 6.44. The van der Waals surface area contributed by atoms with E-state index in [0.29, 0.717) is 43.4 Å². The van der Waals surface area contributed by atoms with E-state index in [-0.39, 0.29) is 11.6 Å². The van der Waals surface area contributed by atoms with Gasteiger partial charge >= 0.3 is 6.61 Å². The van der Waals surface area contributed by atoms with Crippen molar-refractivity contribution < 1.29 is 27.0 Å². The van der Waals surface area contributed by atoms with Crippen LogP contribution in [0.3, 0.4) is 0 Å². The molecule has 2 aromatic heterocycles. The van der Waals surface area contributed by atoms with Crippen LogP contribution in [0.1, 0.15) is 0 Å². The third-order valence-electron chi connectivity index (χ3n) is 4.41. The third-order valence-corrected chi connectivity index (χ3v) is 4.41. The molecule has 162 valence electrons. The normalized spacial score (nSPS) is 14.0. The number of rotatable bonds is 6. The number of aromatic nitrogens is 4. The molecule has 1 aliphatic rings. The van der Waals surface area contributed by atoms with Gasteiger partial charge in [-0.05, 0) is 23.8 Å². The Balaban J connectivity index is 1.56. The molecule has 1 N–H and O–H groups in total. The summed E-state index contributed by atoms with van der Waals surface area (Å²) in [5.41, 5.74) is 0.761. The van der Waals surface area contributed by atoms with Gasteiger partial charge in [0.05, 0.1) is 25.6 Å². The molecule has 31 heavy (non-hydrogen) atoms. The first kappa shape index (κ1) is 20.7. The van der Waals surface area contributed by atoms with E-state index in [4.69, 9.17) is 4.74 Å². The Morgan fingerprint density at radius 1 is 1.03 bits per heavy atom. The minimum Gasteiger partial charge on any atom is -0.432 e. The van der Waals surface area contributed by atoms with Gasteiger partial charge in [-0.15, -0.1) is 5.10 Å². The summed E-state index contributed by atoms with van der Waals surface area (Å²) in [6.07, 6.45) is 2.40. The lowest BCUT2D eigenvalue weighted by atomic mass is 10.1. The maximum atomic E-state index is 14.2. The fraction of sp³-hybridized carbons (Fsp3) is 0.263. The van der Waals surface area contributed by atoms with Crippen molar-refractivity contribution in [3.63, 3.8) is 0 Å². The highest BCUT2D eigenvalue weighted by atomic mass is 19.3. The molecule has 0 radical (unpaired) electrons. The number of halogens is 4. The molecule has 1 fully saturated rings. The summed E-state index contributed by atoms with van der Waals surface area (Å²) in [5.74, 6) is -1.83. The topological polar surface area (TPSA) is 85.3 Å². The summed E-state index contributed by atoms with van der Waals surface area (Å²) in [6.45, 7) is -0.929. The first-order chi connectivity index (χ1) is 15.0. The molecular formula is C19H16F4N6O2. The molecule has 0 bridgehead atoms. The van der Waals surface area contributed by atoms with Crippen LogP contribution >= 0.6 is 0 Å². The van der Waals surface area contributed by atoms with Crippen molar-refractivity contribution in [3.8, 4) is 16.9 Å². The molecule has 4 rings (SSSR count). The van der Waals surface area contributed by atoms with Crippen LogP contribution in [0.5, 0.6) is 5.75 Å². The SMILES string of the molecule is Fc1cc(-c2cnnc(Nc3nc(N4CCOCC4)ncc3F)c2)ccc1OC(F)F. The molecule has 3 heterocycles. The summed E-state index contributed by atoms with van der Waals surface area (Å²) in [6, 6.07) is 5.00. The Labute approximate surface area is 173 Å². The Hall–Kier alpha value is -3.54. The molecule has 12 heteroatoms. The summed E-state index contributed by atoms with van der Waals surface area (Å²) in [4.78, 5) is 10.1. The number of benzene rings is 1. The molecule has 8 nitrogen and oxygen atoms in total. The average Bonchev–Trinajstić information content (AvgIpc) is 2.77. The number of nitrogens with zero attached hydrogens (tertiary/aromatic N) is 5. The highest BCUT2D eigenvalue weighted by molar-refractivity contribution is 5.67. The van der Waals surface area contributed by atoms with Crippen LogP contribution in [-0.2, 0) is 4.74 Å². The van der Waals surface area contributed by atoms with Crippen molar-refractivity contribution in [1.29, 1.82) is 0 Å². The van der Waals surface area contributed by atoms with Gasteiger partial charge in [-0.3, -0.25) is 0 Å². The van der Waals surface area contributed by atoms with Gasteiger partial charge in [0.25, 0.3) is 0 Å². The van der Waals surface area contributed by atoms with Crippen molar-refractivity contribution in [1.82, 2.24) is 20.2 Å².